The Morgan fingerprint density at radius 2 is 2.35 bits per heavy atom. The molecule has 0 aliphatic heterocycles. The first kappa shape index (κ1) is 11.1. The lowest BCUT2D eigenvalue weighted by Gasteiger charge is -2.06. The average molecular weight is 228 g/mol. The number of aromatic nitrogens is 4. The monoisotopic (exact) mass is 228 g/mol. The Balaban J connectivity index is 1.95. The molecular weight excluding hydrogens is 216 g/mol. The number of rotatable bonds is 4. The van der Waals surface area contributed by atoms with E-state index in [4.69, 9.17) is 5.26 Å². The van der Waals surface area contributed by atoms with Gasteiger partial charge < -0.3 is 9.88 Å². The third-order valence-corrected chi connectivity index (χ3v) is 2.18. The molecule has 0 atom stereocenters. The van der Waals surface area contributed by atoms with Crippen LogP contribution >= 0.6 is 0 Å². The van der Waals surface area contributed by atoms with Crippen molar-refractivity contribution in [2.45, 2.75) is 13.5 Å². The minimum Gasteiger partial charge on any atom is -0.352 e. The van der Waals surface area contributed by atoms with Gasteiger partial charge >= 0.3 is 0 Å². The van der Waals surface area contributed by atoms with Crippen molar-refractivity contribution in [1.82, 2.24) is 19.5 Å². The van der Waals surface area contributed by atoms with Crippen molar-refractivity contribution in [2.24, 2.45) is 0 Å². The zero-order chi connectivity index (χ0) is 12.1. The van der Waals surface area contributed by atoms with Gasteiger partial charge in [0.05, 0.1) is 6.33 Å². The van der Waals surface area contributed by atoms with E-state index in [0.717, 1.165) is 12.2 Å². The summed E-state index contributed by atoms with van der Waals surface area (Å²) in [5.74, 6) is 0.488. The van der Waals surface area contributed by atoms with Crippen LogP contribution in [0, 0.1) is 18.3 Å². The van der Waals surface area contributed by atoms with Gasteiger partial charge in [0.25, 0.3) is 0 Å². The molecule has 17 heavy (non-hydrogen) atoms. The summed E-state index contributed by atoms with van der Waals surface area (Å²) in [7, 11) is 0. The molecule has 0 spiro atoms. The number of anilines is 1. The summed E-state index contributed by atoms with van der Waals surface area (Å²) >= 11 is 0. The molecule has 2 heterocycles. The number of aryl methyl sites for hydroxylation is 1. The second kappa shape index (κ2) is 5.07. The summed E-state index contributed by atoms with van der Waals surface area (Å²) in [5, 5.41) is 11.9. The van der Waals surface area contributed by atoms with Gasteiger partial charge in [0, 0.05) is 31.2 Å². The summed E-state index contributed by atoms with van der Waals surface area (Å²) in [5.41, 5.74) is 1.16. The van der Waals surface area contributed by atoms with E-state index in [0.29, 0.717) is 18.2 Å². The molecule has 6 heteroatoms. The van der Waals surface area contributed by atoms with E-state index in [1.54, 1.807) is 18.6 Å². The molecule has 2 aromatic heterocycles. The maximum atomic E-state index is 8.78. The predicted octanol–water partition coefficient (Wildman–Crippen LogP) is 0.965. The number of hydrogen-bond acceptors (Lipinski definition) is 5. The standard InChI is InChI=1S/C11H12N6/c1-9-6-10(7-12)16-11(15-9)14-3-5-17-4-2-13-8-17/h2,4,6,8H,3,5H2,1H3,(H,14,15,16). The fraction of sp³-hybridized carbons (Fsp3) is 0.273. The third-order valence-electron chi connectivity index (χ3n) is 2.18. The SMILES string of the molecule is Cc1cc(C#N)nc(NCCn2ccnc2)n1. The summed E-state index contributed by atoms with van der Waals surface area (Å²) in [6.07, 6.45) is 5.37. The molecule has 2 rings (SSSR count). The van der Waals surface area contributed by atoms with E-state index in [-0.39, 0.29) is 0 Å². The molecule has 0 amide bonds. The quantitative estimate of drug-likeness (QED) is 0.843. The van der Waals surface area contributed by atoms with Gasteiger partial charge in [-0.25, -0.2) is 15.0 Å². The van der Waals surface area contributed by atoms with Crippen LogP contribution in [-0.4, -0.2) is 26.1 Å². The molecule has 0 fully saturated rings. The predicted molar refractivity (Wildman–Crippen MR) is 62.2 cm³/mol. The van der Waals surface area contributed by atoms with Crippen LogP contribution in [0.5, 0.6) is 0 Å². The van der Waals surface area contributed by atoms with Gasteiger partial charge in [-0.3, -0.25) is 0 Å². The van der Waals surface area contributed by atoms with Crippen LogP contribution in [-0.2, 0) is 6.54 Å². The minimum atomic E-state index is 0.377. The van der Waals surface area contributed by atoms with Gasteiger partial charge in [0.1, 0.15) is 11.8 Å². The Morgan fingerprint density at radius 1 is 1.47 bits per heavy atom. The Kier molecular flexibility index (Phi) is 3.31. The lowest BCUT2D eigenvalue weighted by Crippen LogP contribution is -2.12. The van der Waals surface area contributed by atoms with Gasteiger partial charge in [0.2, 0.25) is 5.95 Å². The van der Waals surface area contributed by atoms with Crippen molar-refractivity contribution in [3.05, 3.63) is 36.2 Å². The van der Waals surface area contributed by atoms with Gasteiger partial charge in [-0.15, -0.1) is 0 Å². The molecule has 0 radical (unpaired) electrons. The smallest absolute Gasteiger partial charge is 0.224 e. The summed E-state index contributed by atoms with van der Waals surface area (Å²) in [6, 6.07) is 3.66. The Morgan fingerprint density at radius 3 is 3.06 bits per heavy atom. The lowest BCUT2D eigenvalue weighted by molar-refractivity contribution is 0.722. The van der Waals surface area contributed by atoms with E-state index in [2.05, 4.69) is 20.3 Å². The first-order chi connectivity index (χ1) is 8.28. The van der Waals surface area contributed by atoms with E-state index < -0.39 is 0 Å². The molecule has 1 N–H and O–H groups in total. The van der Waals surface area contributed by atoms with Crippen LogP contribution in [0.15, 0.2) is 24.8 Å². The number of imidazole rings is 1. The second-order valence-electron chi connectivity index (χ2n) is 3.56. The van der Waals surface area contributed by atoms with Crippen LogP contribution in [0.2, 0.25) is 0 Å². The zero-order valence-electron chi connectivity index (χ0n) is 9.46. The van der Waals surface area contributed by atoms with Crippen molar-refractivity contribution in [2.75, 3.05) is 11.9 Å². The van der Waals surface area contributed by atoms with Crippen LogP contribution in [0.4, 0.5) is 5.95 Å². The number of nitrogens with one attached hydrogen (secondary N) is 1. The van der Waals surface area contributed by atoms with E-state index >= 15 is 0 Å². The van der Waals surface area contributed by atoms with E-state index in [1.807, 2.05) is 23.8 Å². The molecule has 0 saturated heterocycles. The normalized spacial score (nSPS) is 9.88. The molecule has 0 aliphatic carbocycles. The summed E-state index contributed by atoms with van der Waals surface area (Å²) in [6.45, 7) is 3.30. The highest BCUT2D eigenvalue weighted by Crippen LogP contribution is 2.03. The molecule has 0 bridgehead atoms. The molecule has 0 aliphatic rings. The number of nitrogens with zero attached hydrogens (tertiary/aromatic N) is 5. The summed E-state index contributed by atoms with van der Waals surface area (Å²) < 4.78 is 1.95. The summed E-state index contributed by atoms with van der Waals surface area (Å²) in [4.78, 5) is 12.2. The number of hydrogen-bond donors (Lipinski definition) is 1. The van der Waals surface area contributed by atoms with E-state index in [9.17, 15) is 0 Å². The molecule has 2 aromatic rings. The van der Waals surface area contributed by atoms with Crippen molar-refractivity contribution >= 4 is 5.95 Å². The Hall–Kier alpha value is -2.42. The van der Waals surface area contributed by atoms with Gasteiger partial charge in [-0.2, -0.15) is 5.26 Å². The second-order valence-corrected chi connectivity index (χ2v) is 3.56. The highest BCUT2D eigenvalue weighted by molar-refractivity contribution is 5.32. The minimum absolute atomic E-state index is 0.377. The van der Waals surface area contributed by atoms with Crippen LogP contribution < -0.4 is 5.32 Å². The first-order valence-corrected chi connectivity index (χ1v) is 5.23. The van der Waals surface area contributed by atoms with Crippen molar-refractivity contribution in [3.8, 4) is 6.07 Å². The van der Waals surface area contributed by atoms with Crippen molar-refractivity contribution in [3.63, 3.8) is 0 Å². The third kappa shape index (κ3) is 3.01. The fourth-order valence-electron chi connectivity index (χ4n) is 1.42. The molecule has 0 unspecified atom stereocenters. The molecule has 0 saturated carbocycles. The molecule has 0 aromatic carbocycles. The molecule has 86 valence electrons. The van der Waals surface area contributed by atoms with Crippen LogP contribution in [0.3, 0.4) is 0 Å². The lowest BCUT2D eigenvalue weighted by atomic mass is 10.3. The maximum absolute atomic E-state index is 8.78. The van der Waals surface area contributed by atoms with Crippen molar-refractivity contribution < 1.29 is 0 Å². The van der Waals surface area contributed by atoms with Crippen molar-refractivity contribution in [1.29, 1.82) is 5.26 Å². The van der Waals surface area contributed by atoms with Gasteiger partial charge in [-0.1, -0.05) is 0 Å². The molecular formula is C11H12N6. The first-order valence-electron chi connectivity index (χ1n) is 5.23. The van der Waals surface area contributed by atoms with Crippen LogP contribution in [0.25, 0.3) is 0 Å². The topological polar surface area (TPSA) is 79.4 Å². The average Bonchev–Trinajstić information content (AvgIpc) is 2.81. The fourth-order valence-corrected chi connectivity index (χ4v) is 1.42. The number of nitriles is 1. The largest absolute Gasteiger partial charge is 0.352 e. The Labute approximate surface area is 99.0 Å². The Bertz CT molecular complexity index is 525. The zero-order valence-corrected chi connectivity index (χ0v) is 9.46. The van der Waals surface area contributed by atoms with Gasteiger partial charge in [0.15, 0.2) is 0 Å². The highest BCUT2D eigenvalue weighted by Gasteiger charge is 2.00. The maximum Gasteiger partial charge on any atom is 0.224 e. The van der Waals surface area contributed by atoms with Gasteiger partial charge in [-0.05, 0) is 13.0 Å². The van der Waals surface area contributed by atoms with E-state index in [1.165, 1.54) is 0 Å². The van der Waals surface area contributed by atoms with Crippen LogP contribution in [0.1, 0.15) is 11.4 Å². The highest BCUT2D eigenvalue weighted by atomic mass is 15.1. The molecule has 6 nitrogen and oxygen atoms in total.